The molecule has 1 fully saturated rings. The van der Waals surface area contributed by atoms with Gasteiger partial charge in [0.1, 0.15) is 12.1 Å². The first-order chi connectivity index (χ1) is 11.1. The average Bonchev–Trinajstić information content (AvgIpc) is 2.53. The van der Waals surface area contributed by atoms with Crippen molar-refractivity contribution >= 4 is 34.0 Å². The number of pyridine rings is 1. The van der Waals surface area contributed by atoms with E-state index in [0.29, 0.717) is 5.02 Å². The minimum atomic E-state index is 0.179. The maximum Gasteiger partial charge on any atom is 0.141 e. The zero-order valence-electron chi connectivity index (χ0n) is 12.7. The van der Waals surface area contributed by atoms with Gasteiger partial charge in [0, 0.05) is 30.1 Å². The lowest BCUT2D eigenvalue weighted by Gasteiger charge is -2.40. The number of aromatic nitrogens is 3. The highest BCUT2D eigenvalue weighted by Gasteiger charge is 2.33. The van der Waals surface area contributed by atoms with Crippen LogP contribution in [-0.2, 0) is 5.41 Å². The maximum atomic E-state index is 6.00. The van der Waals surface area contributed by atoms with Gasteiger partial charge in [0.05, 0.1) is 22.4 Å². The Kier molecular flexibility index (Phi) is 3.39. The molecule has 0 saturated carbocycles. The van der Waals surface area contributed by atoms with Crippen LogP contribution < -0.4 is 10.6 Å². The lowest BCUT2D eigenvalue weighted by atomic mass is 9.77. The summed E-state index contributed by atoms with van der Waals surface area (Å²) < 4.78 is 0. The first-order valence-corrected chi connectivity index (χ1v) is 7.85. The van der Waals surface area contributed by atoms with Gasteiger partial charge in [-0.25, -0.2) is 9.97 Å². The van der Waals surface area contributed by atoms with E-state index in [2.05, 4.69) is 50.7 Å². The topological polar surface area (TPSA) is 62.7 Å². The van der Waals surface area contributed by atoms with E-state index >= 15 is 0 Å². The van der Waals surface area contributed by atoms with Crippen LogP contribution in [0.2, 0.25) is 5.02 Å². The van der Waals surface area contributed by atoms with Crippen molar-refractivity contribution < 1.29 is 0 Å². The van der Waals surface area contributed by atoms with Crippen molar-refractivity contribution in [3.63, 3.8) is 0 Å². The summed E-state index contributed by atoms with van der Waals surface area (Å²) in [6, 6.07) is 8.21. The van der Waals surface area contributed by atoms with Crippen molar-refractivity contribution in [3.05, 3.63) is 53.6 Å². The van der Waals surface area contributed by atoms with Gasteiger partial charge in [-0.3, -0.25) is 4.98 Å². The molecular weight excluding hydrogens is 310 g/mol. The van der Waals surface area contributed by atoms with Crippen LogP contribution in [0.5, 0.6) is 0 Å². The molecule has 0 radical (unpaired) electrons. The summed E-state index contributed by atoms with van der Waals surface area (Å²) in [4.78, 5) is 12.8. The molecule has 4 rings (SSSR count). The maximum absolute atomic E-state index is 6.00. The molecule has 116 valence electrons. The van der Waals surface area contributed by atoms with Crippen molar-refractivity contribution in [1.29, 1.82) is 0 Å². The second kappa shape index (κ2) is 5.44. The highest BCUT2D eigenvalue weighted by atomic mass is 35.5. The molecule has 2 aromatic heterocycles. The van der Waals surface area contributed by atoms with Gasteiger partial charge in [-0.05, 0) is 23.8 Å². The Morgan fingerprint density at radius 1 is 1.17 bits per heavy atom. The quantitative estimate of drug-likeness (QED) is 0.773. The number of fused-ring (bicyclic) bond motifs is 1. The van der Waals surface area contributed by atoms with E-state index in [0.717, 1.165) is 35.5 Å². The van der Waals surface area contributed by atoms with Crippen LogP contribution in [0.4, 0.5) is 11.5 Å². The fourth-order valence-corrected chi connectivity index (χ4v) is 3.03. The molecule has 0 aliphatic carbocycles. The number of benzene rings is 1. The summed E-state index contributed by atoms with van der Waals surface area (Å²) in [5.41, 5.74) is 3.20. The normalized spacial score (nSPS) is 16.1. The predicted molar refractivity (Wildman–Crippen MR) is 92.3 cm³/mol. The van der Waals surface area contributed by atoms with E-state index in [1.54, 1.807) is 18.7 Å². The van der Waals surface area contributed by atoms with Crippen molar-refractivity contribution in [2.24, 2.45) is 0 Å². The number of anilines is 2. The Labute approximate surface area is 139 Å². The molecule has 0 unspecified atom stereocenters. The molecule has 1 saturated heterocycles. The van der Waals surface area contributed by atoms with Crippen LogP contribution in [0, 0.1) is 0 Å². The summed E-state index contributed by atoms with van der Waals surface area (Å²) in [6.07, 6.45) is 4.89. The molecule has 0 amide bonds. The lowest BCUT2D eigenvalue weighted by molar-refractivity contribution is 0.306. The Bertz CT molecular complexity index is 876. The van der Waals surface area contributed by atoms with Crippen LogP contribution in [0.25, 0.3) is 10.9 Å². The van der Waals surface area contributed by atoms with Crippen LogP contribution in [-0.4, -0.2) is 28.0 Å². The minimum absolute atomic E-state index is 0.179. The number of hydrogen-bond donors (Lipinski definition) is 2. The molecule has 3 aromatic rings. The van der Waals surface area contributed by atoms with Gasteiger partial charge in [0.25, 0.3) is 0 Å². The van der Waals surface area contributed by atoms with Crippen molar-refractivity contribution in [3.8, 4) is 0 Å². The predicted octanol–water partition coefficient (Wildman–Crippen LogP) is 3.28. The van der Waals surface area contributed by atoms with Crippen LogP contribution in [0.3, 0.4) is 0 Å². The monoisotopic (exact) mass is 325 g/mol. The van der Waals surface area contributed by atoms with Crippen molar-refractivity contribution in [1.82, 2.24) is 20.3 Å². The molecule has 1 aromatic carbocycles. The highest BCUT2D eigenvalue weighted by Crippen LogP contribution is 2.32. The van der Waals surface area contributed by atoms with Gasteiger partial charge in [-0.15, -0.1) is 0 Å². The summed E-state index contributed by atoms with van der Waals surface area (Å²) in [5.74, 6) is 0.761. The zero-order valence-corrected chi connectivity index (χ0v) is 13.4. The van der Waals surface area contributed by atoms with Crippen LogP contribution >= 0.6 is 11.6 Å². The van der Waals surface area contributed by atoms with Gasteiger partial charge >= 0.3 is 0 Å². The third-order valence-electron chi connectivity index (χ3n) is 4.33. The average molecular weight is 326 g/mol. The number of hydrogen-bond acceptors (Lipinski definition) is 5. The number of nitrogens with zero attached hydrogens (tertiary/aromatic N) is 3. The minimum Gasteiger partial charge on any atom is -0.338 e. The summed E-state index contributed by atoms with van der Waals surface area (Å²) in [6.45, 7) is 4.25. The second-order valence-electron chi connectivity index (χ2n) is 6.14. The van der Waals surface area contributed by atoms with Gasteiger partial charge in [-0.1, -0.05) is 24.6 Å². The summed E-state index contributed by atoms with van der Waals surface area (Å²) in [5, 5.41) is 8.21. The molecule has 1 aliphatic heterocycles. The molecule has 23 heavy (non-hydrogen) atoms. The molecular formula is C17H16ClN5. The first kappa shape index (κ1) is 14.4. The van der Waals surface area contributed by atoms with E-state index < -0.39 is 0 Å². The Morgan fingerprint density at radius 3 is 2.78 bits per heavy atom. The molecule has 1 aliphatic rings. The largest absolute Gasteiger partial charge is 0.338 e. The van der Waals surface area contributed by atoms with Crippen LogP contribution in [0.15, 0.2) is 43.0 Å². The third kappa shape index (κ3) is 2.62. The van der Waals surface area contributed by atoms with E-state index in [1.165, 1.54) is 5.56 Å². The summed E-state index contributed by atoms with van der Waals surface area (Å²) in [7, 11) is 0. The summed E-state index contributed by atoms with van der Waals surface area (Å²) >= 11 is 6.00. The van der Waals surface area contributed by atoms with E-state index in [9.17, 15) is 0 Å². The van der Waals surface area contributed by atoms with Gasteiger partial charge in [0.15, 0.2) is 0 Å². The molecule has 2 N–H and O–H groups in total. The molecule has 0 spiro atoms. The molecule has 5 nitrogen and oxygen atoms in total. The number of nitrogens with one attached hydrogen (secondary N) is 2. The first-order valence-electron chi connectivity index (χ1n) is 7.48. The fourth-order valence-electron chi connectivity index (χ4n) is 2.85. The fraction of sp³-hybridized carbons (Fsp3) is 0.235. The Balaban J connectivity index is 1.78. The van der Waals surface area contributed by atoms with E-state index in [-0.39, 0.29) is 5.41 Å². The van der Waals surface area contributed by atoms with Crippen LogP contribution in [0.1, 0.15) is 12.5 Å². The Morgan fingerprint density at radius 2 is 2.04 bits per heavy atom. The third-order valence-corrected chi connectivity index (χ3v) is 4.54. The van der Waals surface area contributed by atoms with Crippen molar-refractivity contribution in [2.45, 2.75) is 12.3 Å². The highest BCUT2D eigenvalue weighted by molar-refractivity contribution is 6.30. The molecule has 0 atom stereocenters. The zero-order chi connectivity index (χ0) is 15.9. The second-order valence-corrected chi connectivity index (χ2v) is 6.57. The SMILES string of the molecule is CC1(c2ccc3ncnc(Nc4cncc(Cl)c4)c3c2)CNC1. The van der Waals surface area contributed by atoms with Crippen molar-refractivity contribution in [2.75, 3.05) is 18.4 Å². The van der Waals surface area contributed by atoms with E-state index in [1.807, 2.05) is 6.07 Å². The van der Waals surface area contributed by atoms with Gasteiger partial charge < -0.3 is 10.6 Å². The number of rotatable bonds is 3. The molecule has 6 heteroatoms. The molecule has 3 heterocycles. The van der Waals surface area contributed by atoms with Gasteiger partial charge in [0.2, 0.25) is 0 Å². The molecule has 0 bridgehead atoms. The smallest absolute Gasteiger partial charge is 0.141 e. The lowest BCUT2D eigenvalue weighted by Crippen LogP contribution is -2.54. The van der Waals surface area contributed by atoms with Gasteiger partial charge in [-0.2, -0.15) is 0 Å². The standard InChI is InChI=1S/C17H16ClN5/c1-17(8-20-9-17)11-2-3-15-14(4-11)16(22-10-21-15)23-13-5-12(18)6-19-7-13/h2-7,10,20H,8-9H2,1H3,(H,21,22,23). The number of halogens is 1. The Hall–Kier alpha value is -2.24. The van der Waals surface area contributed by atoms with E-state index in [4.69, 9.17) is 11.6 Å².